The van der Waals surface area contributed by atoms with Gasteiger partial charge >= 0.3 is 5.69 Å². The van der Waals surface area contributed by atoms with Gasteiger partial charge in [-0.1, -0.05) is 0 Å². The second-order valence-corrected chi connectivity index (χ2v) is 2.83. The summed E-state index contributed by atoms with van der Waals surface area (Å²) in [5, 5.41) is 0. The van der Waals surface area contributed by atoms with Crippen LogP contribution in [0, 0.1) is 0 Å². The summed E-state index contributed by atoms with van der Waals surface area (Å²) in [6.45, 7) is 0. The molecule has 0 fully saturated rings. The highest BCUT2D eigenvalue weighted by Crippen LogP contribution is 2.27. The summed E-state index contributed by atoms with van der Waals surface area (Å²) >= 11 is 0. The molecule has 0 unspecified atom stereocenters. The fraction of sp³-hybridized carbons (Fsp3) is 0.222. The molecule has 0 aliphatic rings. The number of hydrogen-bond acceptors (Lipinski definition) is 3. The van der Waals surface area contributed by atoms with Crippen molar-refractivity contribution < 1.29 is 9.47 Å². The van der Waals surface area contributed by atoms with Crippen molar-refractivity contribution in [3.63, 3.8) is 0 Å². The van der Waals surface area contributed by atoms with Gasteiger partial charge in [0.2, 0.25) is 0 Å². The maximum absolute atomic E-state index is 11.0. The third-order valence-electron chi connectivity index (χ3n) is 2.02. The molecule has 2 aromatic rings. The summed E-state index contributed by atoms with van der Waals surface area (Å²) in [6.07, 6.45) is 0. The molecular weight excluding hydrogens is 184 g/mol. The van der Waals surface area contributed by atoms with Crippen LogP contribution in [-0.2, 0) is 0 Å². The number of imidazole rings is 1. The minimum atomic E-state index is -0.258. The van der Waals surface area contributed by atoms with Crippen LogP contribution in [-0.4, -0.2) is 24.2 Å². The second-order valence-electron chi connectivity index (χ2n) is 2.83. The van der Waals surface area contributed by atoms with Gasteiger partial charge in [0.25, 0.3) is 0 Å². The van der Waals surface area contributed by atoms with Gasteiger partial charge in [-0.05, 0) is 0 Å². The molecule has 0 aliphatic heterocycles. The lowest BCUT2D eigenvalue weighted by atomic mass is 10.3. The first kappa shape index (κ1) is 8.68. The average Bonchev–Trinajstić information content (AvgIpc) is 2.56. The molecule has 0 spiro atoms. The van der Waals surface area contributed by atoms with Gasteiger partial charge in [0.1, 0.15) is 17.0 Å². The third kappa shape index (κ3) is 1.22. The first-order valence-electron chi connectivity index (χ1n) is 4.08. The van der Waals surface area contributed by atoms with E-state index in [9.17, 15) is 4.79 Å². The minimum absolute atomic E-state index is 0.258. The van der Waals surface area contributed by atoms with E-state index in [2.05, 4.69) is 9.97 Å². The zero-order valence-corrected chi connectivity index (χ0v) is 7.88. The Balaban J connectivity index is 2.79. The average molecular weight is 194 g/mol. The van der Waals surface area contributed by atoms with Crippen LogP contribution < -0.4 is 15.2 Å². The van der Waals surface area contributed by atoms with Gasteiger partial charge in [0.05, 0.1) is 19.7 Å². The van der Waals surface area contributed by atoms with Crippen LogP contribution in [0.1, 0.15) is 0 Å². The van der Waals surface area contributed by atoms with Gasteiger partial charge in [-0.15, -0.1) is 0 Å². The summed E-state index contributed by atoms with van der Waals surface area (Å²) < 4.78 is 10.2. The standard InChI is InChI=1S/C9H10N2O3/c1-13-5-3-6-8(7(4-5)14-2)11-9(12)10-6/h3-4H,1-2H3,(H2,10,11,12). The number of ether oxygens (including phenoxy) is 2. The van der Waals surface area contributed by atoms with Gasteiger partial charge in [-0.25, -0.2) is 4.79 Å². The Morgan fingerprint density at radius 1 is 1.14 bits per heavy atom. The van der Waals surface area contributed by atoms with Gasteiger partial charge in [-0.3, -0.25) is 0 Å². The molecule has 0 saturated heterocycles. The van der Waals surface area contributed by atoms with E-state index in [4.69, 9.17) is 9.47 Å². The van der Waals surface area contributed by atoms with Crippen molar-refractivity contribution in [3.05, 3.63) is 22.6 Å². The predicted octanol–water partition coefficient (Wildman–Crippen LogP) is 0.873. The molecule has 1 aromatic carbocycles. The molecule has 74 valence electrons. The van der Waals surface area contributed by atoms with E-state index >= 15 is 0 Å². The van der Waals surface area contributed by atoms with Crippen LogP contribution in [0.25, 0.3) is 11.0 Å². The minimum Gasteiger partial charge on any atom is -0.497 e. The molecule has 0 aliphatic carbocycles. The lowest BCUT2D eigenvalue weighted by Gasteiger charge is -2.04. The quantitative estimate of drug-likeness (QED) is 0.745. The smallest absolute Gasteiger partial charge is 0.323 e. The number of methoxy groups -OCH3 is 2. The Labute approximate surface area is 79.7 Å². The molecule has 0 atom stereocenters. The topological polar surface area (TPSA) is 67.1 Å². The van der Waals surface area contributed by atoms with Crippen LogP contribution >= 0.6 is 0 Å². The van der Waals surface area contributed by atoms with Gasteiger partial charge in [0, 0.05) is 12.1 Å². The van der Waals surface area contributed by atoms with E-state index in [-0.39, 0.29) is 5.69 Å². The first-order chi connectivity index (χ1) is 6.74. The van der Waals surface area contributed by atoms with Crippen molar-refractivity contribution in [1.29, 1.82) is 0 Å². The third-order valence-corrected chi connectivity index (χ3v) is 2.02. The zero-order chi connectivity index (χ0) is 10.1. The van der Waals surface area contributed by atoms with E-state index in [0.717, 1.165) is 0 Å². The molecule has 0 amide bonds. The highest BCUT2D eigenvalue weighted by Gasteiger charge is 2.07. The number of nitrogens with one attached hydrogen (secondary N) is 2. The molecule has 1 heterocycles. The number of fused-ring (bicyclic) bond motifs is 1. The fourth-order valence-electron chi connectivity index (χ4n) is 1.36. The Morgan fingerprint density at radius 2 is 1.93 bits per heavy atom. The van der Waals surface area contributed by atoms with E-state index in [1.165, 1.54) is 0 Å². The van der Waals surface area contributed by atoms with E-state index < -0.39 is 0 Å². The maximum Gasteiger partial charge on any atom is 0.323 e. The van der Waals surface area contributed by atoms with E-state index in [1.54, 1.807) is 26.4 Å². The molecule has 5 nitrogen and oxygen atoms in total. The number of rotatable bonds is 2. The SMILES string of the molecule is COc1cc(OC)c2[nH]c(=O)[nH]c2c1. The van der Waals surface area contributed by atoms with Crippen LogP contribution in [0.15, 0.2) is 16.9 Å². The van der Waals surface area contributed by atoms with Crippen LogP contribution in [0.3, 0.4) is 0 Å². The number of benzene rings is 1. The molecule has 2 rings (SSSR count). The first-order valence-corrected chi connectivity index (χ1v) is 4.08. The molecular formula is C9H10N2O3. The highest BCUT2D eigenvalue weighted by atomic mass is 16.5. The fourth-order valence-corrected chi connectivity index (χ4v) is 1.36. The Morgan fingerprint density at radius 3 is 2.57 bits per heavy atom. The van der Waals surface area contributed by atoms with Gasteiger partial charge in [0.15, 0.2) is 0 Å². The van der Waals surface area contributed by atoms with Crippen molar-refractivity contribution in [2.24, 2.45) is 0 Å². The molecule has 1 aromatic heterocycles. The maximum atomic E-state index is 11.0. The summed E-state index contributed by atoms with van der Waals surface area (Å²) in [7, 11) is 3.10. The lowest BCUT2D eigenvalue weighted by molar-refractivity contribution is 0.397. The summed E-state index contributed by atoms with van der Waals surface area (Å²) in [4.78, 5) is 16.3. The van der Waals surface area contributed by atoms with Crippen molar-refractivity contribution >= 4 is 11.0 Å². The molecule has 2 N–H and O–H groups in total. The molecule has 14 heavy (non-hydrogen) atoms. The monoisotopic (exact) mass is 194 g/mol. The van der Waals surface area contributed by atoms with Crippen LogP contribution in [0.5, 0.6) is 11.5 Å². The highest BCUT2D eigenvalue weighted by molar-refractivity contribution is 5.83. The number of H-pyrrole nitrogens is 2. The normalized spacial score (nSPS) is 10.4. The largest absolute Gasteiger partial charge is 0.497 e. The van der Waals surface area contributed by atoms with Gasteiger partial charge in [-0.2, -0.15) is 0 Å². The van der Waals surface area contributed by atoms with Gasteiger partial charge < -0.3 is 19.4 Å². The molecule has 5 heteroatoms. The second kappa shape index (κ2) is 3.10. The Bertz CT molecular complexity index is 512. The summed E-state index contributed by atoms with van der Waals surface area (Å²) in [5.41, 5.74) is 1.07. The summed E-state index contributed by atoms with van der Waals surface area (Å²) in [5.74, 6) is 1.22. The molecule has 0 saturated carbocycles. The van der Waals surface area contributed by atoms with Crippen molar-refractivity contribution in [2.45, 2.75) is 0 Å². The lowest BCUT2D eigenvalue weighted by Crippen LogP contribution is -1.99. The predicted molar refractivity (Wildman–Crippen MR) is 52.0 cm³/mol. The molecule has 0 bridgehead atoms. The van der Waals surface area contributed by atoms with Crippen molar-refractivity contribution in [3.8, 4) is 11.5 Å². The molecule has 0 radical (unpaired) electrons. The number of aromatic nitrogens is 2. The zero-order valence-electron chi connectivity index (χ0n) is 7.88. The van der Waals surface area contributed by atoms with E-state index in [0.29, 0.717) is 22.5 Å². The van der Waals surface area contributed by atoms with E-state index in [1.807, 2.05) is 0 Å². The Kier molecular flexibility index (Phi) is 1.92. The number of hydrogen-bond donors (Lipinski definition) is 2. The Hall–Kier alpha value is -1.91. The number of aromatic amines is 2. The van der Waals surface area contributed by atoms with Crippen molar-refractivity contribution in [2.75, 3.05) is 14.2 Å². The summed E-state index contributed by atoms with van der Waals surface area (Å²) in [6, 6.07) is 3.45. The van der Waals surface area contributed by atoms with Crippen molar-refractivity contribution in [1.82, 2.24) is 9.97 Å². The van der Waals surface area contributed by atoms with Crippen LogP contribution in [0.2, 0.25) is 0 Å². The van der Waals surface area contributed by atoms with Crippen LogP contribution in [0.4, 0.5) is 0 Å².